The quantitative estimate of drug-likeness (QED) is 0.491. The predicted molar refractivity (Wildman–Crippen MR) is 88.3 cm³/mol. The third-order valence-corrected chi connectivity index (χ3v) is 5.33. The Bertz CT molecular complexity index is 282. The smallest absolute Gasteiger partial charge is 0.0391 e. The largest absolute Gasteiger partial charge is 0.261 e. The molecule has 0 aromatic heterocycles. The fraction of sp³-hybridized carbons (Fsp3) is 0.733. The molecule has 0 aromatic rings. The summed E-state index contributed by atoms with van der Waals surface area (Å²) in [5.41, 5.74) is 1.43. The zero-order chi connectivity index (χ0) is 13.4. The van der Waals surface area contributed by atoms with Crippen LogP contribution in [0.4, 0.5) is 0 Å². The fourth-order valence-electron chi connectivity index (χ4n) is 2.09. The van der Waals surface area contributed by atoms with Crippen molar-refractivity contribution in [3.05, 3.63) is 23.8 Å². The Morgan fingerprint density at radius 3 is 2.56 bits per heavy atom. The molecule has 18 heavy (non-hydrogen) atoms. The second-order valence-electron chi connectivity index (χ2n) is 5.09. The van der Waals surface area contributed by atoms with Gasteiger partial charge >= 0.3 is 0 Å². The summed E-state index contributed by atoms with van der Waals surface area (Å²) in [6.45, 7) is 6.77. The highest BCUT2D eigenvalue weighted by Gasteiger charge is 2.13. The first-order chi connectivity index (χ1) is 8.67. The lowest BCUT2D eigenvalue weighted by molar-refractivity contribution is 0.525. The summed E-state index contributed by atoms with van der Waals surface area (Å²) < 4.78 is 3.62. The van der Waals surface area contributed by atoms with Gasteiger partial charge in [0.25, 0.3) is 0 Å². The summed E-state index contributed by atoms with van der Waals surface area (Å²) in [6.07, 6.45) is 12.0. The molecular formula is C15H26BrNS. The molecule has 2 unspecified atom stereocenters. The summed E-state index contributed by atoms with van der Waals surface area (Å²) in [5.74, 6) is 1.68. The first-order valence-electron chi connectivity index (χ1n) is 7.07. The van der Waals surface area contributed by atoms with Gasteiger partial charge in [0.1, 0.15) is 0 Å². The van der Waals surface area contributed by atoms with Crippen molar-refractivity contribution >= 4 is 27.9 Å². The average Bonchev–Trinajstić information content (AvgIpc) is 2.34. The lowest BCUT2D eigenvalue weighted by Gasteiger charge is -2.19. The van der Waals surface area contributed by atoms with E-state index in [0.29, 0.717) is 16.8 Å². The van der Waals surface area contributed by atoms with E-state index in [-0.39, 0.29) is 0 Å². The van der Waals surface area contributed by atoms with Crippen LogP contribution in [0.25, 0.3) is 0 Å². The SMILES string of the molecule is CCCC(CCC)NSCC1=CC(Br)C(C)C=C1. The Morgan fingerprint density at radius 2 is 2.00 bits per heavy atom. The Morgan fingerprint density at radius 1 is 1.33 bits per heavy atom. The van der Waals surface area contributed by atoms with Crippen molar-refractivity contribution in [1.82, 2.24) is 4.72 Å². The highest BCUT2D eigenvalue weighted by atomic mass is 79.9. The summed E-state index contributed by atoms with van der Waals surface area (Å²) in [6, 6.07) is 0.678. The Kier molecular flexibility index (Phi) is 8.36. The molecule has 0 spiro atoms. The molecule has 3 heteroatoms. The van der Waals surface area contributed by atoms with Crippen LogP contribution in [0.1, 0.15) is 46.5 Å². The zero-order valence-corrected chi connectivity index (χ0v) is 14.2. The van der Waals surface area contributed by atoms with Gasteiger partial charge in [-0.25, -0.2) is 0 Å². The van der Waals surface area contributed by atoms with Crippen LogP contribution in [-0.2, 0) is 0 Å². The maximum absolute atomic E-state index is 3.71. The third kappa shape index (κ3) is 5.94. The Labute approximate surface area is 125 Å². The molecule has 0 saturated carbocycles. The van der Waals surface area contributed by atoms with E-state index in [9.17, 15) is 0 Å². The first-order valence-corrected chi connectivity index (χ1v) is 8.97. The van der Waals surface area contributed by atoms with Gasteiger partial charge in [-0.1, -0.05) is 79.7 Å². The van der Waals surface area contributed by atoms with Crippen LogP contribution in [0.2, 0.25) is 0 Å². The van der Waals surface area contributed by atoms with E-state index in [1.54, 1.807) is 0 Å². The van der Waals surface area contributed by atoms with Gasteiger partial charge in [0.05, 0.1) is 0 Å². The summed E-state index contributed by atoms with van der Waals surface area (Å²) in [4.78, 5) is 0.500. The van der Waals surface area contributed by atoms with Crippen LogP contribution in [-0.4, -0.2) is 16.6 Å². The normalized spacial score (nSPS) is 23.5. The van der Waals surface area contributed by atoms with Gasteiger partial charge in [-0.2, -0.15) is 0 Å². The van der Waals surface area contributed by atoms with E-state index in [0.717, 1.165) is 5.75 Å². The number of nitrogens with one attached hydrogen (secondary N) is 1. The molecular weight excluding hydrogens is 306 g/mol. The van der Waals surface area contributed by atoms with Crippen molar-refractivity contribution in [2.24, 2.45) is 5.92 Å². The number of allylic oxidation sites excluding steroid dienone is 3. The lowest BCUT2D eigenvalue weighted by atomic mass is 9.99. The topological polar surface area (TPSA) is 12.0 Å². The van der Waals surface area contributed by atoms with Crippen LogP contribution in [0.15, 0.2) is 23.8 Å². The molecule has 0 heterocycles. The van der Waals surface area contributed by atoms with Gasteiger partial charge in [-0.3, -0.25) is 4.72 Å². The third-order valence-electron chi connectivity index (χ3n) is 3.25. The zero-order valence-electron chi connectivity index (χ0n) is 11.8. The molecule has 1 nitrogen and oxygen atoms in total. The lowest BCUT2D eigenvalue weighted by Crippen LogP contribution is -2.23. The monoisotopic (exact) mass is 331 g/mol. The minimum absolute atomic E-state index is 0.500. The average molecular weight is 332 g/mol. The summed E-state index contributed by atoms with van der Waals surface area (Å²) >= 11 is 5.57. The molecule has 0 radical (unpaired) electrons. The Balaban J connectivity index is 2.28. The van der Waals surface area contributed by atoms with Gasteiger partial charge < -0.3 is 0 Å². The van der Waals surface area contributed by atoms with E-state index in [1.165, 1.54) is 31.3 Å². The molecule has 1 aliphatic carbocycles. The second-order valence-corrected chi connectivity index (χ2v) is 6.96. The number of hydrogen-bond acceptors (Lipinski definition) is 2. The number of alkyl halides is 1. The molecule has 1 aliphatic rings. The fourth-order valence-corrected chi connectivity index (χ4v) is 3.52. The predicted octanol–water partition coefficient (Wildman–Crippen LogP) is 5.09. The molecule has 0 saturated heterocycles. The van der Waals surface area contributed by atoms with Crippen LogP contribution >= 0.6 is 27.9 Å². The maximum Gasteiger partial charge on any atom is 0.0391 e. The second kappa shape index (κ2) is 9.22. The number of rotatable bonds is 8. The highest BCUT2D eigenvalue weighted by Crippen LogP contribution is 2.24. The van der Waals surface area contributed by atoms with Crippen LogP contribution in [0, 0.1) is 5.92 Å². The number of halogens is 1. The van der Waals surface area contributed by atoms with E-state index in [1.807, 2.05) is 11.9 Å². The summed E-state index contributed by atoms with van der Waals surface area (Å²) in [7, 11) is 0. The molecule has 0 fully saturated rings. The van der Waals surface area contributed by atoms with Crippen molar-refractivity contribution in [3.63, 3.8) is 0 Å². The molecule has 0 bridgehead atoms. The van der Waals surface area contributed by atoms with Crippen molar-refractivity contribution in [3.8, 4) is 0 Å². The van der Waals surface area contributed by atoms with Gasteiger partial charge in [-0.05, 0) is 24.3 Å². The molecule has 1 N–H and O–H groups in total. The standard InChI is InChI=1S/C15H26BrNS/c1-4-6-14(7-5-2)17-18-11-13-9-8-12(3)15(16)10-13/h8-10,12,14-15,17H,4-7,11H2,1-3H3. The van der Waals surface area contributed by atoms with Crippen molar-refractivity contribution in [1.29, 1.82) is 0 Å². The summed E-state index contributed by atoms with van der Waals surface area (Å²) in [5, 5.41) is 0. The van der Waals surface area contributed by atoms with Crippen molar-refractivity contribution in [2.75, 3.05) is 5.75 Å². The number of hydrogen-bond donors (Lipinski definition) is 1. The van der Waals surface area contributed by atoms with E-state index in [4.69, 9.17) is 0 Å². The molecule has 2 atom stereocenters. The van der Waals surface area contributed by atoms with Crippen LogP contribution in [0.3, 0.4) is 0 Å². The van der Waals surface area contributed by atoms with Crippen LogP contribution < -0.4 is 4.72 Å². The van der Waals surface area contributed by atoms with E-state index in [2.05, 4.69) is 59.7 Å². The van der Waals surface area contributed by atoms with Gasteiger partial charge in [0, 0.05) is 16.6 Å². The minimum Gasteiger partial charge on any atom is -0.261 e. The molecule has 0 aliphatic heterocycles. The molecule has 0 amide bonds. The van der Waals surface area contributed by atoms with E-state index < -0.39 is 0 Å². The molecule has 1 rings (SSSR count). The maximum atomic E-state index is 3.71. The van der Waals surface area contributed by atoms with Crippen LogP contribution in [0.5, 0.6) is 0 Å². The van der Waals surface area contributed by atoms with E-state index >= 15 is 0 Å². The van der Waals surface area contributed by atoms with Gasteiger partial charge in [0.2, 0.25) is 0 Å². The molecule has 104 valence electrons. The highest BCUT2D eigenvalue weighted by molar-refractivity contribution is 9.09. The Hall–Kier alpha value is 0.270. The van der Waals surface area contributed by atoms with Crippen molar-refractivity contribution in [2.45, 2.75) is 57.3 Å². The first kappa shape index (κ1) is 16.3. The molecule has 0 aromatic carbocycles. The van der Waals surface area contributed by atoms with Crippen molar-refractivity contribution < 1.29 is 0 Å². The van der Waals surface area contributed by atoms with Gasteiger partial charge in [-0.15, -0.1) is 0 Å². The van der Waals surface area contributed by atoms with Gasteiger partial charge in [0.15, 0.2) is 0 Å². The minimum atomic E-state index is 0.500.